The summed E-state index contributed by atoms with van der Waals surface area (Å²) in [5, 5.41) is 2.43. The number of ether oxygens (including phenoxy) is 1. The average Bonchev–Trinajstić information content (AvgIpc) is 3.24. The Morgan fingerprint density at radius 2 is 1.91 bits per heavy atom. The first-order valence-electron chi connectivity index (χ1n) is 15.9. The number of aromatic nitrogens is 3. The van der Waals surface area contributed by atoms with Crippen molar-refractivity contribution in [3.8, 4) is 22.7 Å². The first-order chi connectivity index (χ1) is 22.6. The van der Waals surface area contributed by atoms with Gasteiger partial charge in [-0.25, -0.2) is 9.37 Å². The predicted octanol–water partition coefficient (Wildman–Crippen LogP) is 7.20. The van der Waals surface area contributed by atoms with Gasteiger partial charge in [0.15, 0.2) is 5.65 Å². The highest BCUT2D eigenvalue weighted by molar-refractivity contribution is 6.36. The number of piperazine rings is 1. The lowest BCUT2D eigenvalue weighted by Crippen LogP contribution is -2.59. The lowest BCUT2D eigenvalue weighted by Gasteiger charge is -2.45. The summed E-state index contributed by atoms with van der Waals surface area (Å²) in [5.41, 5.74) is 3.11. The molecule has 0 bridgehead atoms. The van der Waals surface area contributed by atoms with Crippen LogP contribution in [0.3, 0.4) is 0 Å². The van der Waals surface area contributed by atoms with E-state index >= 15 is 4.39 Å². The zero-order valence-corrected chi connectivity index (χ0v) is 27.5. The highest BCUT2D eigenvalue weighted by Gasteiger charge is 2.39. The Morgan fingerprint density at radius 1 is 1.15 bits per heavy atom. The Hall–Kier alpha value is -4.76. The van der Waals surface area contributed by atoms with E-state index in [1.807, 2.05) is 58.0 Å². The maximum atomic E-state index is 16.6. The van der Waals surface area contributed by atoms with Crippen LogP contribution in [0.5, 0.6) is 5.75 Å². The van der Waals surface area contributed by atoms with Crippen LogP contribution in [0.25, 0.3) is 38.8 Å². The van der Waals surface area contributed by atoms with E-state index in [0.29, 0.717) is 57.9 Å². The molecule has 240 valence electrons. The van der Waals surface area contributed by atoms with Crippen molar-refractivity contribution >= 4 is 45.0 Å². The maximum Gasteiger partial charge on any atom is 0.301 e. The molecule has 47 heavy (non-hydrogen) atoms. The van der Waals surface area contributed by atoms with Gasteiger partial charge in [0.1, 0.15) is 11.5 Å². The molecule has 5 heterocycles. The quantitative estimate of drug-likeness (QED) is 0.191. The Kier molecular flexibility index (Phi) is 7.75. The van der Waals surface area contributed by atoms with E-state index in [4.69, 9.17) is 21.3 Å². The first-order valence-corrected chi connectivity index (χ1v) is 16.2. The number of carbonyl (C=O) groups is 1. The van der Waals surface area contributed by atoms with Crippen LogP contribution < -0.4 is 15.2 Å². The predicted molar refractivity (Wildman–Crippen MR) is 184 cm³/mol. The Morgan fingerprint density at radius 3 is 2.66 bits per heavy atom. The fourth-order valence-electron chi connectivity index (χ4n) is 7.11. The number of pyridine rings is 3. The van der Waals surface area contributed by atoms with E-state index in [2.05, 4.69) is 16.5 Å². The molecule has 1 amide bonds. The number of hydrogen-bond donors (Lipinski definition) is 0. The monoisotopic (exact) mass is 651 g/mol. The number of anilines is 1. The largest absolute Gasteiger partial charge is 0.486 e. The van der Waals surface area contributed by atoms with Gasteiger partial charge in [-0.3, -0.25) is 19.1 Å². The molecule has 0 aliphatic carbocycles. The van der Waals surface area contributed by atoms with Gasteiger partial charge in [0.05, 0.1) is 29.7 Å². The second kappa shape index (κ2) is 11.8. The third kappa shape index (κ3) is 4.95. The summed E-state index contributed by atoms with van der Waals surface area (Å²) in [7, 11) is 0. The smallest absolute Gasteiger partial charge is 0.301 e. The third-order valence-corrected chi connectivity index (χ3v) is 9.67. The van der Waals surface area contributed by atoms with Crippen molar-refractivity contribution in [1.29, 1.82) is 0 Å². The summed E-state index contributed by atoms with van der Waals surface area (Å²) in [5.74, 6) is -0.597. The van der Waals surface area contributed by atoms with Gasteiger partial charge >= 0.3 is 5.56 Å². The van der Waals surface area contributed by atoms with Crippen LogP contribution in [0.1, 0.15) is 44.4 Å². The molecule has 2 aliphatic rings. The van der Waals surface area contributed by atoms with Crippen molar-refractivity contribution in [3.63, 3.8) is 0 Å². The van der Waals surface area contributed by atoms with Gasteiger partial charge in [0.25, 0.3) is 0 Å². The van der Waals surface area contributed by atoms with E-state index in [-0.39, 0.29) is 47.6 Å². The van der Waals surface area contributed by atoms with Crippen LogP contribution in [0.15, 0.2) is 72.2 Å². The Balaban J connectivity index is 1.58. The lowest BCUT2D eigenvalue weighted by atomic mass is 9.99. The van der Waals surface area contributed by atoms with Crippen molar-refractivity contribution in [2.24, 2.45) is 0 Å². The molecular formula is C37H35ClFN5O3. The summed E-state index contributed by atoms with van der Waals surface area (Å²) < 4.78 is 24.5. The molecule has 5 aromatic rings. The van der Waals surface area contributed by atoms with Gasteiger partial charge in [-0.15, -0.1) is 0 Å². The molecule has 1 saturated heterocycles. The van der Waals surface area contributed by atoms with Crippen LogP contribution in [-0.4, -0.2) is 57.1 Å². The normalized spacial score (nSPS) is 17.8. The number of carbonyl (C=O) groups excluding carboxylic acids is 1. The second-order valence-corrected chi connectivity index (χ2v) is 13.1. The molecule has 3 aromatic heterocycles. The topological polar surface area (TPSA) is 80.6 Å². The zero-order chi connectivity index (χ0) is 33.1. The highest BCUT2D eigenvalue weighted by atomic mass is 35.5. The summed E-state index contributed by atoms with van der Waals surface area (Å²) in [6.45, 7) is 12.7. The van der Waals surface area contributed by atoms with Crippen molar-refractivity contribution in [2.75, 3.05) is 24.6 Å². The zero-order valence-electron chi connectivity index (χ0n) is 26.8. The number of rotatable bonds is 4. The van der Waals surface area contributed by atoms with Crippen LogP contribution in [-0.2, 0) is 4.79 Å². The van der Waals surface area contributed by atoms with Gasteiger partial charge in [0, 0.05) is 53.1 Å². The first kappa shape index (κ1) is 30.9. The van der Waals surface area contributed by atoms with Crippen LogP contribution in [0.2, 0.25) is 5.02 Å². The fraction of sp³-hybridized carbons (Fsp3) is 0.297. The number of fused-ring (bicyclic) bond motifs is 6. The van der Waals surface area contributed by atoms with E-state index < -0.39 is 11.4 Å². The SMILES string of the molecule is C=CC(=O)N1CC2CCOc3c(c4cc(F)c(-c5cccc6cccc(Cl)c56)nc4n(-c4c(C)ccnc4C(C)C)c3=O)N2CC1C. The van der Waals surface area contributed by atoms with Crippen LogP contribution in [0.4, 0.5) is 10.1 Å². The molecule has 8 nitrogen and oxygen atoms in total. The van der Waals surface area contributed by atoms with Gasteiger partial charge in [0.2, 0.25) is 11.7 Å². The number of benzene rings is 2. The molecule has 0 radical (unpaired) electrons. The van der Waals surface area contributed by atoms with Gasteiger partial charge < -0.3 is 14.5 Å². The minimum absolute atomic E-state index is 0.0240. The molecule has 2 aliphatic heterocycles. The second-order valence-electron chi connectivity index (χ2n) is 12.7. The summed E-state index contributed by atoms with van der Waals surface area (Å²) >= 11 is 6.69. The van der Waals surface area contributed by atoms with E-state index in [1.165, 1.54) is 12.1 Å². The molecule has 0 N–H and O–H groups in total. The minimum atomic E-state index is -0.557. The molecule has 1 fully saturated rings. The Bertz CT molecular complexity index is 2160. The van der Waals surface area contributed by atoms with Gasteiger partial charge in [-0.1, -0.05) is 62.4 Å². The standard InChI is InChI=1S/C37H35ClFN5O3/c1-6-29(45)42-19-24-14-16-47-35-34(43(24)18-22(42)5)26-17-28(39)32(25-11-7-9-23-10-8-12-27(38)30(23)25)41-36(26)44(37(35)46)33-21(4)13-15-40-31(33)20(2)3/h6-13,15,17,20,22,24H,1,14,16,18-19H2,2-5H3. The molecule has 10 heteroatoms. The van der Waals surface area contributed by atoms with Crippen LogP contribution >= 0.6 is 11.6 Å². The fourth-order valence-corrected chi connectivity index (χ4v) is 7.40. The van der Waals surface area contributed by atoms with Crippen molar-refractivity contribution < 1.29 is 13.9 Å². The Labute approximate surface area is 277 Å². The van der Waals surface area contributed by atoms with E-state index in [9.17, 15) is 9.59 Å². The van der Waals surface area contributed by atoms with Gasteiger partial charge in [-0.2, -0.15) is 0 Å². The number of amides is 1. The van der Waals surface area contributed by atoms with Crippen LogP contribution in [0, 0.1) is 12.7 Å². The molecule has 7 rings (SSSR count). The third-order valence-electron chi connectivity index (χ3n) is 9.35. The van der Waals surface area contributed by atoms with Crippen molar-refractivity contribution in [1.82, 2.24) is 19.4 Å². The number of halogens is 2. The number of nitrogens with zero attached hydrogens (tertiary/aromatic N) is 5. The minimum Gasteiger partial charge on any atom is -0.486 e. The molecular weight excluding hydrogens is 617 g/mol. The summed E-state index contributed by atoms with van der Waals surface area (Å²) in [6.07, 6.45) is 3.62. The highest BCUT2D eigenvalue weighted by Crippen LogP contribution is 2.43. The molecule has 2 atom stereocenters. The van der Waals surface area contributed by atoms with E-state index in [0.717, 1.165) is 10.9 Å². The number of hydrogen-bond acceptors (Lipinski definition) is 6. The van der Waals surface area contributed by atoms with Crippen molar-refractivity contribution in [3.05, 3.63) is 99.8 Å². The molecule has 2 aromatic carbocycles. The van der Waals surface area contributed by atoms with Gasteiger partial charge in [-0.05, 0) is 55.0 Å². The number of aryl methyl sites for hydroxylation is 1. The maximum absolute atomic E-state index is 16.6. The molecule has 0 saturated carbocycles. The molecule has 2 unspecified atom stereocenters. The molecule has 0 spiro atoms. The van der Waals surface area contributed by atoms with Crippen molar-refractivity contribution in [2.45, 2.75) is 52.1 Å². The summed E-state index contributed by atoms with van der Waals surface area (Å²) in [4.78, 5) is 41.1. The average molecular weight is 652 g/mol. The van der Waals surface area contributed by atoms with E-state index in [1.54, 1.807) is 27.8 Å². The summed E-state index contributed by atoms with van der Waals surface area (Å²) in [6, 6.07) is 14.1. The lowest BCUT2D eigenvalue weighted by molar-refractivity contribution is -0.128.